The second kappa shape index (κ2) is 16.2. The fourth-order valence-corrected chi connectivity index (χ4v) is 6.02. The van der Waals surface area contributed by atoms with Gasteiger partial charge in [-0.25, -0.2) is 23.0 Å². The minimum absolute atomic E-state index is 0.00612. The highest BCUT2D eigenvalue weighted by Crippen LogP contribution is 2.37. The lowest BCUT2D eigenvalue weighted by Gasteiger charge is -2.37. The summed E-state index contributed by atoms with van der Waals surface area (Å²) in [6.07, 6.45) is 1.41. The Labute approximate surface area is 282 Å². The number of carbonyl (C=O) groups is 3. The van der Waals surface area contributed by atoms with E-state index >= 15 is 4.39 Å². The summed E-state index contributed by atoms with van der Waals surface area (Å²) in [4.78, 5) is 40.1. The lowest BCUT2D eigenvalue weighted by atomic mass is 9.95. The van der Waals surface area contributed by atoms with Crippen LogP contribution in [0.3, 0.4) is 0 Å². The summed E-state index contributed by atoms with van der Waals surface area (Å²) in [5.74, 6) is -2.26. The highest BCUT2D eigenvalue weighted by Gasteiger charge is 2.36. The Kier molecular flexibility index (Phi) is 12.8. The van der Waals surface area contributed by atoms with Crippen LogP contribution in [-0.4, -0.2) is 68.4 Å². The van der Waals surface area contributed by atoms with E-state index in [1.807, 2.05) is 6.07 Å². The Hall–Kier alpha value is -4.33. The van der Waals surface area contributed by atoms with E-state index < -0.39 is 63.7 Å². The van der Waals surface area contributed by atoms with Crippen LogP contribution in [0.1, 0.15) is 71.9 Å². The third-order valence-corrected chi connectivity index (χ3v) is 8.20. The number of likely N-dealkylation sites (tertiary alicyclic amines) is 1. The van der Waals surface area contributed by atoms with Crippen molar-refractivity contribution in [3.8, 4) is 5.75 Å². The van der Waals surface area contributed by atoms with E-state index in [1.54, 1.807) is 75.4 Å². The number of ether oxygens (including phenoxy) is 4. The number of rotatable bonds is 12. The van der Waals surface area contributed by atoms with Gasteiger partial charge in [0.25, 0.3) is 0 Å². The van der Waals surface area contributed by atoms with Crippen LogP contribution in [0.4, 0.5) is 19.7 Å². The lowest BCUT2D eigenvalue weighted by Crippen LogP contribution is -2.48. The third kappa shape index (κ3) is 11.4. The molecule has 2 aromatic carbocycles. The van der Waals surface area contributed by atoms with Crippen molar-refractivity contribution in [2.75, 3.05) is 24.0 Å². The molecule has 0 aromatic heterocycles. The van der Waals surface area contributed by atoms with Crippen molar-refractivity contribution in [3.05, 3.63) is 72.1 Å². The molecule has 1 N–H and O–H groups in total. The summed E-state index contributed by atoms with van der Waals surface area (Å²) < 4.78 is 68.2. The van der Waals surface area contributed by atoms with Gasteiger partial charge in [-0.15, -0.1) is 0 Å². The van der Waals surface area contributed by atoms with Gasteiger partial charge >= 0.3 is 28.4 Å². The molecule has 1 saturated heterocycles. The number of carbonyl (C=O) groups excluding carboxylic acids is 3. The van der Waals surface area contributed by atoms with Crippen molar-refractivity contribution < 1.29 is 46.1 Å². The highest BCUT2D eigenvalue weighted by atomic mass is 32.2. The molecule has 0 spiro atoms. The zero-order valence-electron chi connectivity index (χ0n) is 28.4. The lowest BCUT2D eigenvalue weighted by molar-refractivity contribution is -0.152. The molecule has 1 heterocycles. The van der Waals surface area contributed by atoms with Gasteiger partial charge in [0.05, 0.1) is 0 Å². The summed E-state index contributed by atoms with van der Waals surface area (Å²) in [6.45, 7) is 12.5. The first-order valence-corrected chi connectivity index (χ1v) is 17.1. The van der Waals surface area contributed by atoms with Gasteiger partial charge in [0.1, 0.15) is 42.4 Å². The van der Waals surface area contributed by atoms with Crippen LogP contribution in [0.15, 0.2) is 55.1 Å². The summed E-state index contributed by atoms with van der Waals surface area (Å²) in [6, 6.07) is 11.3. The number of nitrogens with zero attached hydrogens (tertiary/aromatic N) is 2. The Morgan fingerprint density at radius 1 is 1.02 bits per heavy atom. The first kappa shape index (κ1) is 38.1. The number of amides is 2. The van der Waals surface area contributed by atoms with Gasteiger partial charge in [-0.2, -0.15) is 8.42 Å². The van der Waals surface area contributed by atoms with Crippen molar-refractivity contribution in [2.45, 2.75) is 91.1 Å². The number of hydrogen-bond donors (Lipinski definition) is 1. The SMILES string of the molecule is C=CCOC(=O)NS(=O)(=O)N(CC(=O)OC(C)(C)C)c1c(OCc2ccccc2)ccc(CC2CCCCN2C(=O)OC(C)(C)C)c1F. The van der Waals surface area contributed by atoms with E-state index in [1.165, 1.54) is 18.2 Å². The summed E-state index contributed by atoms with van der Waals surface area (Å²) >= 11 is 0. The van der Waals surface area contributed by atoms with Gasteiger partial charge < -0.3 is 23.8 Å². The smallest absolute Gasteiger partial charge is 0.422 e. The van der Waals surface area contributed by atoms with E-state index in [0.717, 1.165) is 12.8 Å². The third-order valence-electron chi connectivity index (χ3n) is 6.88. The second-order valence-electron chi connectivity index (χ2n) is 13.3. The fourth-order valence-electron chi connectivity index (χ4n) is 4.96. The van der Waals surface area contributed by atoms with Gasteiger partial charge in [0.15, 0.2) is 5.82 Å². The Morgan fingerprint density at radius 3 is 2.31 bits per heavy atom. The number of piperidine rings is 1. The molecule has 0 radical (unpaired) electrons. The van der Waals surface area contributed by atoms with Gasteiger partial charge in [-0.3, -0.25) is 4.79 Å². The molecule has 2 amide bonds. The van der Waals surface area contributed by atoms with Crippen molar-refractivity contribution in [1.82, 2.24) is 9.62 Å². The number of esters is 1. The molecule has 1 unspecified atom stereocenters. The molecule has 2 aromatic rings. The Balaban J connectivity index is 2.13. The number of halogens is 1. The Morgan fingerprint density at radius 2 is 1.69 bits per heavy atom. The van der Waals surface area contributed by atoms with Crippen LogP contribution in [0.5, 0.6) is 5.75 Å². The van der Waals surface area contributed by atoms with Crippen molar-refractivity contribution >= 4 is 34.1 Å². The van der Waals surface area contributed by atoms with E-state index in [-0.39, 0.29) is 30.9 Å². The average Bonchev–Trinajstić information content (AvgIpc) is 2.98. The topological polar surface area (TPSA) is 141 Å². The second-order valence-corrected chi connectivity index (χ2v) is 14.9. The van der Waals surface area contributed by atoms with Gasteiger partial charge in [-0.1, -0.05) is 49.1 Å². The number of nitrogens with one attached hydrogen (secondary N) is 1. The molecular formula is C34H46FN3O9S. The molecule has 12 nitrogen and oxygen atoms in total. The molecule has 0 bridgehead atoms. The molecule has 1 atom stereocenters. The molecule has 0 aliphatic carbocycles. The standard InChI is InChI=1S/C34H46FN3O9S/c1-8-20-44-31(40)36-48(42,43)38(22-28(39)46-33(2,3)4)30-27(45-23-24-14-10-9-11-15-24)18-17-25(29(30)35)21-26-16-12-13-19-37(26)32(41)47-34(5,6)7/h8-11,14-15,17-18,26H,1,12-13,16,19-23H2,2-7H3,(H,36,40). The molecule has 14 heteroatoms. The zero-order chi connectivity index (χ0) is 35.7. The normalized spacial score (nSPS) is 15.2. The van der Waals surface area contributed by atoms with Crippen molar-refractivity contribution in [3.63, 3.8) is 0 Å². The summed E-state index contributed by atoms with van der Waals surface area (Å²) in [5, 5.41) is 0. The molecule has 48 heavy (non-hydrogen) atoms. The van der Waals surface area contributed by atoms with Crippen LogP contribution in [0.25, 0.3) is 0 Å². The minimum atomic E-state index is -5.01. The maximum absolute atomic E-state index is 16.9. The molecule has 1 aliphatic heterocycles. The molecule has 3 rings (SSSR count). The van der Waals surface area contributed by atoms with Gasteiger partial charge in [0.2, 0.25) is 0 Å². The monoisotopic (exact) mass is 691 g/mol. The molecule has 1 aliphatic rings. The average molecular weight is 692 g/mol. The van der Waals surface area contributed by atoms with Gasteiger partial charge in [0, 0.05) is 12.6 Å². The fraction of sp³-hybridized carbons (Fsp3) is 0.500. The Bertz CT molecular complexity index is 1550. The highest BCUT2D eigenvalue weighted by molar-refractivity contribution is 7.91. The largest absolute Gasteiger partial charge is 0.487 e. The molecule has 264 valence electrons. The predicted molar refractivity (Wildman–Crippen MR) is 178 cm³/mol. The summed E-state index contributed by atoms with van der Waals surface area (Å²) in [7, 11) is -5.01. The van der Waals surface area contributed by atoms with E-state index in [2.05, 4.69) is 6.58 Å². The molecular weight excluding hydrogens is 645 g/mol. The van der Waals surface area contributed by atoms with E-state index in [4.69, 9.17) is 18.9 Å². The number of anilines is 1. The van der Waals surface area contributed by atoms with E-state index in [9.17, 15) is 22.8 Å². The van der Waals surface area contributed by atoms with Crippen LogP contribution >= 0.6 is 0 Å². The van der Waals surface area contributed by atoms with Crippen molar-refractivity contribution in [2.24, 2.45) is 0 Å². The molecule has 0 saturated carbocycles. The van der Waals surface area contributed by atoms with Crippen LogP contribution in [-0.2, 0) is 42.2 Å². The van der Waals surface area contributed by atoms with Crippen LogP contribution < -0.4 is 13.8 Å². The predicted octanol–water partition coefficient (Wildman–Crippen LogP) is 6.04. The number of benzene rings is 2. The van der Waals surface area contributed by atoms with Crippen LogP contribution in [0, 0.1) is 5.82 Å². The number of hydrogen-bond acceptors (Lipinski definition) is 9. The van der Waals surface area contributed by atoms with E-state index in [0.29, 0.717) is 22.8 Å². The minimum Gasteiger partial charge on any atom is -0.487 e. The van der Waals surface area contributed by atoms with Gasteiger partial charge in [-0.05, 0) is 84.4 Å². The van der Waals surface area contributed by atoms with Crippen LogP contribution in [0.2, 0.25) is 0 Å². The first-order chi connectivity index (χ1) is 22.4. The molecule has 1 fully saturated rings. The summed E-state index contributed by atoms with van der Waals surface area (Å²) in [5.41, 5.74) is -1.63. The quantitative estimate of drug-likeness (QED) is 0.160. The first-order valence-electron chi connectivity index (χ1n) is 15.7. The maximum Gasteiger partial charge on any atom is 0.422 e. The van der Waals surface area contributed by atoms with Crippen molar-refractivity contribution in [1.29, 1.82) is 0 Å². The zero-order valence-corrected chi connectivity index (χ0v) is 29.2. The maximum atomic E-state index is 16.9.